The van der Waals surface area contributed by atoms with Crippen LogP contribution in [0.2, 0.25) is 5.02 Å². The van der Waals surface area contributed by atoms with Crippen molar-refractivity contribution in [3.63, 3.8) is 0 Å². The number of Topliss-reactive ketones (excluding diaryl/α,β-unsaturated/α-hetero) is 1. The summed E-state index contributed by atoms with van der Waals surface area (Å²) in [6.45, 7) is 1.04. The van der Waals surface area contributed by atoms with Crippen molar-refractivity contribution in [2.45, 2.75) is 35.7 Å². The smallest absolute Gasteiger partial charge is 0.350 e. The van der Waals surface area contributed by atoms with E-state index in [1.165, 1.54) is 0 Å². The van der Waals surface area contributed by atoms with Crippen molar-refractivity contribution in [3.05, 3.63) is 32.2 Å². The van der Waals surface area contributed by atoms with Crippen molar-refractivity contribution < 1.29 is 68.4 Å². The van der Waals surface area contributed by atoms with E-state index in [0.29, 0.717) is 16.8 Å². The Labute approximate surface area is 333 Å². The van der Waals surface area contributed by atoms with E-state index in [0.717, 1.165) is 47.1 Å². The number of halogens is 2. The van der Waals surface area contributed by atoms with Gasteiger partial charge < -0.3 is 41.2 Å². The maximum absolute atomic E-state index is 13.5. The second-order valence-electron chi connectivity index (χ2n) is 12.1. The number of nitrogens with one attached hydrogen (secondary N) is 4. The summed E-state index contributed by atoms with van der Waals surface area (Å²) in [6, 6.07) is -0.711. The van der Waals surface area contributed by atoms with E-state index in [2.05, 4.69) is 31.4 Å². The highest BCUT2D eigenvalue weighted by Gasteiger charge is 2.66. The van der Waals surface area contributed by atoms with Gasteiger partial charge in [0, 0.05) is 6.54 Å². The molecule has 3 fully saturated rings. The molecule has 28 heteroatoms. The van der Waals surface area contributed by atoms with Crippen LogP contribution in [0.3, 0.4) is 0 Å². The first-order valence-electron chi connectivity index (χ1n) is 15.3. The molecule has 4 heterocycles. The first-order chi connectivity index (χ1) is 26.1. The van der Waals surface area contributed by atoms with Crippen molar-refractivity contribution in [1.82, 2.24) is 41.4 Å². The SMILES string of the molecule is CC(C)(O/N=C(\C(=O)N[C@@H]1C(=O)N2C[C@@](C(=O)O)(N3CCN(NC(=O)C(=O)NNC(=O)C(=O)c4ccc(O)c(O)c4Cl)C3=O)S[C@H]12)c1nc(N)sc1Br)C(=O)O. The van der Waals surface area contributed by atoms with E-state index in [9.17, 15) is 63.6 Å². The number of phenols is 2. The van der Waals surface area contributed by atoms with Gasteiger partial charge in [-0.15, -0.1) is 0 Å². The number of aromatic hydroxyl groups is 2. The third kappa shape index (κ3) is 7.51. The molecule has 2 aromatic rings. The standard InChI is InChI=1S/C28H26BrClN10O14S2/c1-27(2,23(49)50)54-37-12(11-16(29)55-25(31)33-11)17(44)32-13-21(48)38-7-28(24(51)52,56-22(13)38)39-5-6-40(26(39)53)36-20(47)19(46)35-34-18(45)14(42)8-3-4-9(41)15(43)10(8)30/h3-4,13,22,41,43H,5-7H2,1-2H3,(H2,31,33)(H,32,44)(H,34,45)(H,35,46)(H,36,47)(H,49,50)(H,51,52)/b37-12-/t13-,22-,28-/m1/s1. The van der Waals surface area contributed by atoms with Gasteiger partial charge in [-0.25, -0.2) is 24.4 Å². The number of anilines is 1. The molecule has 3 atom stereocenters. The van der Waals surface area contributed by atoms with E-state index in [1.54, 1.807) is 10.9 Å². The highest BCUT2D eigenvalue weighted by molar-refractivity contribution is 9.11. The molecule has 3 aliphatic heterocycles. The Hall–Kier alpha value is -5.93. The highest BCUT2D eigenvalue weighted by Crippen LogP contribution is 2.49. The van der Waals surface area contributed by atoms with E-state index < -0.39 is 110 Å². The normalized spacial score (nSPS) is 20.5. The Bertz CT molecular complexity index is 2150. The van der Waals surface area contributed by atoms with Crippen LogP contribution in [0.25, 0.3) is 0 Å². The van der Waals surface area contributed by atoms with Crippen LogP contribution in [0.15, 0.2) is 21.1 Å². The first kappa shape index (κ1) is 41.2. The number of phenolic OH excluding ortho intramolecular Hbond substituents is 2. The summed E-state index contributed by atoms with van der Waals surface area (Å²) < 4.78 is 0.210. The molecule has 5 rings (SSSR count). The maximum atomic E-state index is 13.5. The van der Waals surface area contributed by atoms with Gasteiger partial charge in [-0.1, -0.05) is 39.9 Å². The van der Waals surface area contributed by atoms with E-state index >= 15 is 0 Å². The molecule has 298 valence electrons. The largest absolute Gasteiger partial charge is 0.504 e. The molecule has 0 radical (unpaired) electrons. The van der Waals surface area contributed by atoms with Crippen LogP contribution < -0.4 is 27.3 Å². The quantitative estimate of drug-likeness (QED) is 0.0297. The number of thioether (sulfide) groups is 1. The van der Waals surface area contributed by atoms with E-state index in [4.69, 9.17) is 22.2 Å². The van der Waals surface area contributed by atoms with Gasteiger partial charge in [0.15, 0.2) is 22.3 Å². The number of carboxylic acid groups (broad SMARTS) is 2. The van der Waals surface area contributed by atoms with Crippen molar-refractivity contribution in [2.24, 2.45) is 5.16 Å². The Morgan fingerprint density at radius 2 is 1.71 bits per heavy atom. The summed E-state index contributed by atoms with van der Waals surface area (Å²) in [4.78, 5) is 123. The number of thiazole rings is 1. The lowest BCUT2D eigenvalue weighted by molar-refractivity contribution is -0.161. The number of hydrogen-bond donors (Lipinski definition) is 9. The lowest BCUT2D eigenvalue weighted by atomic mass is 10.1. The summed E-state index contributed by atoms with van der Waals surface area (Å²) in [5, 5.41) is 43.8. The molecule has 0 saturated carbocycles. The summed E-state index contributed by atoms with van der Waals surface area (Å²) in [7, 11) is 0. The zero-order valence-electron chi connectivity index (χ0n) is 28.2. The summed E-state index contributed by atoms with van der Waals surface area (Å²) >= 11 is 10.5. The lowest BCUT2D eigenvalue weighted by Gasteiger charge is -2.41. The molecule has 3 aliphatic rings. The highest BCUT2D eigenvalue weighted by atomic mass is 79.9. The molecule has 24 nitrogen and oxygen atoms in total. The number of β-lactam (4-membered cyclic amide) rings is 1. The van der Waals surface area contributed by atoms with Gasteiger partial charge >= 0.3 is 35.7 Å². The number of fused-ring (bicyclic) bond motifs is 1. The second kappa shape index (κ2) is 15.3. The Kier molecular flexibility index (Phi) is 11.3. The van der Waals surface area contributed by atoms with Crippen LogP contribution in [-0.2, 0) is 38.4 Å². The molecule has 0 aliphatic carbocycles. The number of rotatable bonds is 11. The van der Waals surface area contributed by atoms with Gasteiger partial charge in [-0.2, -0.15) is 0 Å². The number of hydrogen-bond acceptors (Lipinski definition) is 17. The molecule has 1 aromatic carbocycles. The Balaban J connectivity index is 1.23. The number of aromatic nitrogens is 1. The molecule has 7 amide bonds. The molecule has 0 unspecified atom stereocenters. The van der Waals surface area contributed by atoms with Crippen LogP contribution in [0.1, 0.15) is 29.9 Å². The third-order valence-corrected chi connectivity index (χ3v) is 11.7. The number of ketones is 1. The summed E-state index contributed by atoms with van der Waals surface area (Å²) in [5.74, 6) is -12.4. The number of carbonyl (C=O) groups excluding carboxylic acids is 7. The third-order valence-electron chi connectivity index (χ3n) is 8.11. The second-order valence-corrected chi connectivity index (χ2v) is 16.2. The molecule has 0 spiro atoms. The van der Waals surface area contributed by atoms with Crippen LogP contribution in [-0.4, -0.2) is 141 Å². The zero-order valence-corrected chi connectivity index (χ0v) is 32.2. The lowest BCUT2D eigenvalue weighted by Crippen LogP contribution is -2.68. The number of urea groups is 1. The summed E-state index contributed by atoms with van der Waals surface area (Å²) in [6.07, 6.45) is 0. The topological polar surface area (TPSA) is 353 Å². The minimum atomic E-state index is -2.16. The number of carbonyl (C=O) groups is 9. The van der Waals surface area contributed by atoms with Crippen LogP contribution in [0.4, 0.5) is 9.93 Å². The molecular weight excluding hydrogens is 880 g/mol. The Morgan fingerprint density at radius 3 is 2.32 bits per heavy atom. The van der Waals surface area contributed by atoms with Gasteiger partial charge in [0.05, 0.1) is 23.7 Å². The summed E-state index contributed by atoms with van der Waals surface area (Å²) in [5.41, 5.74) is 7.78. The number of nitrogen functional groups attached to an aromatic ring is 1. The van der Waals surface area contributed by atoms with E-state index in [-0.39, 0.29) is 27.7 Å². The Morgan fingerprint density at radius 1 is 1.05 bits per heavy atom. The number of hydrazine groups is 2. The number of nitrogens with two attached hydrogens (primary N) is 1. The minimum absolute atomic E-state index is 0.00645. The number of aliphatic carboxylic acids is 2. The van der Waals surface area contributed by atoms with E-state index in [1.807, 2.05) is 5.43 Å². The predicted octanol–water partition coefficient (Wildman–Crippen LogP) is -1.88. The number of benzene rings is 1. The van der Waals surface area contributed by atoms with Crippen molar-refractivity contribution in [2.75, 3.05) is 25.4 Å². The number of oxime groups is 1. The number of nitrogens with zero attached hydrogens (tertiary/aromatic N) is 5. The zero-order chi connectivity index (χ0) is 41.6. The maximum Gasteiger partial charge on any atom is 0.350 e. The molecular formula is C28H26BrClN10O14S2. The number of amides is 7. The van der Waals surface area contributed by atoms with Crippen molar-refractivity contribution in [1.29, 1.82) is 0 Å². The molecule has 0 bridgehead atoms. The van der Waals surface area contributed by atoms with Crippen molar-refractivity contribution in [3.8, 4) is 11.5 Å². The van der Waals surface area contributed by atoms with Crippen LogP contribution in [0.5, 0.6) is 11.5 Å². The van der Waals surface area contributed by atoms with Gasteiger partial charge in [0.2, 0.25) is 16.4 Å². The average molecular weight is 906 g/mol. The van der Waals surface area contributed by atoms with Gasteiger partial charge in [0.1, 0.15) is 20.9 Å². The predicted molar refractivity (Wildman–Crippen MR) is 191 cm³/mol. The molecule has 56 heavy (non-hydrogen) atoms. The first-order valence-corrected chi connectivity index (χ1v) is 18.2. The monoisotopic (exact) mass is 904 g/mol. The molecule has 3 saturated heterocycles. The van der Waals surface area contributed by atoms with Gasteiger partial charge in [0.25, 0.3) is 11.7 Å². The van der Waals surface area contributed by atoms with Crippen LogP contribution >= 0.6 is 50.6 Å². The molecule has 1 aromatic heterocycles. The fourth-order valence-electron chi connectivity index (χ4n) is 5.10. The van der Waals surface area contributed by atoms with Crippen molar-refractivity contribution >= 4 is 115 Å². The number of carboxylic acids is 2. The van der Waals surface area contributed by atoms with Crippen LogP contribution in [0, 0.1) is 0 Å². The van der Waals surface area contributed by atoms with Gasteiger partial charge in [-0.3, -0.25) is 49.9 Å². The average Bonchev–Trinajstić information content (AvgIpc) is 3.80. The van der Waals surface area contributed by atoms with Gasteiger partial charge in [-0.05, 0) is 41.9 Å². The minimum Gasteiger partial charge on any atom is -0.504 e. The fraction of sp³-hybridized carbons (Fsp3) is 0.321. The fourth-order valence-corrected chi connectivity index (χ4v) is 8.31. The molecule has 10 N–H and O–H groups in total.